The third kappa shape index (κ3) is 5.06. The number of nitrogens with zero attached hydrogens (tertiary/aromatic N) is 2. The Labute approximate surface area is 114 Å². The molecule has 0 aliphatic rings. The summed E-state index contributed by atoms with van der Waals surface area (Å²) in [5, 5.41) is 4.50. The van der Waals surface area contributed by atoms with Gasteiger partial charge in [0.25, 0.3) is 0 Å². The quantitative estimate of drug-likeness (QED) is 0.523. The molecule has 0 aromatic carbocycles. The third-order valence-corrected chi connectivity index (χ3v) is 3.67. The SMILES string of the molecule is C=COCCCNCc1cnc(N(CC)CC)s1. The minimum Gasteiger partial charge on any atom is -0.502 e. The van der Waals surface area contributed by atoms with Gasteiger partial charge < -0.3 is 15.0 Å². The maximum absolute atomic E-state index is 5.06. The summed E-state index contributed by atoms with van der Waals surface area (Å²) in [6.07, 6.45) is 4.44. The van der Waals surface area contributed by atoms with E-state index in [1.807, 2.05) is 6.20 Å². The van der Waals surface area contributed by atoms with Crippen LogP contribution in [0.1, 0.15) is 25.1 Å². The molecule has 102 valence electrons. The van der Waals surface area contributed by atoms with Crippen LogP contribution in [0.4, 0.5) is 5.13 Å². The number of hydrogen-bond acceptors (Lipinski definition) is 5. The molecule has 0 saturated heterocycles. The van der Waals surface area contributed by atoms with Gasteiger partial charge in [-0.15, -0.1) is 11.3 Å². The number of hydrogen-bond donors (Lipinski definition) is 1. The van der Waals surface area contributed by atoms with E-state index in [9.17, 15) is 0 Å². The molecular formula is C13H23N3OS. The molecule has 0 aliphatic carbocycles. The number of anilines is 1. The van der Waals surface area contributed by atoms with Gasteiger partial charge in [0, 0.05) is 30.7 Å². The average Bonchev–Trinajstić information content (AvgIpc) is 2.84. The molecule has 1 heterocycles. The van der Waals surface area contributed by atoms with E-state index in [-0.39, 0.29) is 0 Å². The van der Waals surface area contributed by atoms with Gasteiger partial charge in [-0.05, 0) is 26.8 Å². The van der Waals surface area contributed by atoms with Gasteiger partial charge in [-0.2, -0.15) is 0 Å². The van der Waals surface area contributed by atoms with Crippen LogP contribution < -0.4 is 10.2 Å². The lowest BCUT2D eigenvalue weighted by molar-refractivity contribution is 0.244. The summed E-state index contributed by atoms with van der Waals surface area (Å²) < 4.78 is 5.06. The summed E-state index contributed by atoms with van der Waals surface area (Å²) in [5.74, 6) is 0. The predicted octanol–water partition coefficient (Wildman–Crippen LogP) is 2.63. The average molecular weight is 269 g/mol. The van der Waals surface area contributed by atoms with Crippen molar-refractivity contribution < 1.29 is 4.74 Å². The largest absolute Gasteiger partial charge is 0.502 e. The van der Waals surface area contributed by atoms with E-state index in [0.29, 0.717) is 0 Å². The Hall–Kier alpha value is -1.07. The van der Waals surface area contributed by atoms with Gasteiger partial charge in [0.2, 0.25) is 0 Å². The van der Waals surface area contributed by atoms with Crippen LogP contribution in [-0.2, 0) is 11.3 Å². The summed E-state index contributed by atoms with van der Waals surface area (Å²) >= 11 is 1.76. The molecule has 0 bridgehead atoms. The lowest BCUT2D eigenvalue weighted by Gasteiger charge is -2.16. The first-order valence-electron chi connectivity index (χ1n) is 6.44. The highest BCUT2D eigenvalue weighted by Gasteiger charge is 2.06. The second kappa shape index (κ2) is 8.94. The molecule has 0 aliphatic heterocycles. The molecule has 0 atom stereocenters. The van der Waals surface area contributed by atoms with Crippen molar-refractivity contribution in [1.29, 1.82) is 0 Å². The zero-order chi connectivity index (χ0) is 13.2. The number of aromatic nitrogens is 1. The van der Waals surface area contributed by atoms with Crippen molar-refractivity contribution in [3.8, 4) is 0 Å². The second-order valence-corrected chi connectivity index (χ2v) is 4.94. The Bertz CT molecular complexity index is 337. The van der Waals surface area contributed by atoms with Crippen molar-refractivity contribution in [3.05, 3.63) is 23.9 Å². The molecule has 0 amide bonds. The lowest BCUT2D eigenvalue weighted by atomic mass is 10.4. The van der Waals surface area contributed by atoms with E-state index >= 15 is 0 Å². The molecule has 18 heavy (non-hydrogen) atoms. The lowest BCUT2D eigenvalue weighted by Crippen LogP contribution is -2.21. The summed E-state index contributed by atoms with van der Waals surface area (Å²) in [5.41, 5.74) is 0. The normalized spacial score (nSPS) is 10.3. The van der Waals surface area contributed by atoms with E-state index in [0.717, 1.165) is 44.3 Å². The Balaban J connectivity index is 2.24. The fourth-order valence-electron chi connectivity index (χ4n) is 1.59. The van der Waals surface area contributed by atoms with Crippen molar-refractivity contribution in [2.75, 3.05) is 31.1 Å². The van der Waals surface area contributed by atoms with Crippen LogP contribution in [0.15, 0.2) is 19.0 Å². The summed E-state index contributed by atoms with van der Waals surface area (Å²) in [6, 6.07) is 0. The molecule has 1 N–H and O–H groups in total. The summed E-state index contributed by atoms with van der Waals surface area (Å²) in [4.78, 5) is 8.00. The van der Waals surface area contributed by atoms with Crippen molar-refractivity contribution in [3.63, 3.8) is 0 Å². The highest BCUT2D eigenvalue weighted by molar-refractivity contribution is 7.15. The highest BCUT2D eigenvalue weighted by Crippen LogP contribution is 2.21. The van der Waals surface area contributed by atoms with Crippen molar-refractivity contribution >= 4 is 16.5 Å². The first kappa shape index (κ1) is 15.0. The highest BCUT2D eigenvalue weighted by atomic mass is 32.1. The number of thiazole rings is 1. The maximum Gasteiger partial charge on any atom is 0.185 e. The van der Waals surface area contributed by atoms with Crippen molar-refractivity contribution in [2.24, 2.45) is 0 Å². The van der Waals surface area contributed by atoms with E-state index < -0.39 is 0 Å². The fourth-order valence-corrected chi connectivity index (χ4v) is 2.60. The topological polar surface area (TPSA) is 37.4 Å². The standard InChI is InChI=1S/C13H23N3OS/c1-4-16(5-2)13-15-11-12(18-13)10-14-8-7-9-17-6-3/h6,11,14H,3-5,7-10H2,1-2H3. The zero-order valence-electron chi connectivity index (χ0n) is 11.3. The van der Waals surface area contributed by atoms with Gasteiger partial charge in [-0.25, -0.2) is 4.98 Å². The van der Waals surface area contributed by atoms with E-state index in [4.69, 9.17) is 4.74 Å². The molecule has 0 unspecified atom stereocenters. The minimum atomic E-state index is 0.726. The molecule has 0 spiro atoms. The predicted molar refractivity (Wildman–Crippen MR) is 78.1 cm³/mol. The number of ether oxygens (including phenoxy) is 1. The Morgan fingerprint density at radius 1 is 1.50 bits per heavy atom. The molecule has 0 fully saturated rings. The number of nitrogens with one attached hydrogen (secondary N) is 1. The van der Waals surface area contributed by atoms with Crippen LogP contribution >= 0.6 is 11.3 Å². The second-order valence-electron chi connectivity index (χ2n) is 3.85. The molecule has 0 radical (unpaired) electrons. The molecule has 5 heteroatoms. The van der Waals surface area contributed by atoms with Gasteiger partial charge in [-0.3, -0.25) is 0 Å². The Morgan fingerprint density at radius 2 is 2.28 bits per heavy atom. The molecular weight excluding hydrogens is 246 g/mol. The zero-order valence-corrected chi connectivity index (χ0v) is 12.1. The van der Waals surface area contributed by atoms with Crippen LogP contribution in [0.25, 0.3) is 0 Å². The summed E-state index contributed by atoms with van der Waals surface area (Å²) in [7, 11) is 0. The van der Waals surface area contributed by atoms with Gasteiger partial charge >= 0.3 is 0 Å². The first-order chi connectivity index (χ1) is 8.81. The molecule has 4 nitrogen and oxygen atoms in total. The van der Waals surface area contributed by atoms with Crippen LogP contribution in [0.5, 0.6) is 0 Å². The third-order valence-electron chi connectivity index (χ3n) is 2.61. The summed E-state index contributed by atoms with van der Waals surface area (Å²) in [6.45, 7) is 12.4. The first-order valence-corrected chi connectivity index (χ1v) is 7.26. The minimum absolute atomic E-state index is 0.726. The molecule has 1 rings (SSSR count). The fraction of sp³-hybridized carbons (Fsp3) is 0.615. The number of rotatable bonds is 10. The van der Waals surface area contributed by atoms with Crippen molar-refractivity contribution in [1.82, 2.24) is 10.3 Å². The van der Waals surface area contributed by atoms with E-state index in [1.54, 1.807) is 11.3 Å². The monoisotopic (exact) mass is 269 g/mol. The van der Waals surface area contributed by atoms with Crippen LogP contribution in [-0.4, -0.2) is 31.2 Å². The van der Waals surface area contributed by atoms with Gasteiger partial charge in [0.05, 0.1) is 12.9 Å². The van der Waals surface area contributed by atoms with Gasteiger partial charge in [0.1, 0.15) is 0 Å². The smallest absolute Gasteiger partial charge is 0.185 e. The van der Waals surface area contributed by atoms with Gasteiger partial charge in [-0.1, -0.05) is 6.58 Å². The van der Waals surface area contributed by atoms with E-state index in [1.165, 1.54) is 11.1 Å². The maximum atomic E-state index is 5.06. The van der Waals surface area contributed by atoms with Crippen LogP contribution in [0.2, 0.25) is 0 Å². The Morgan fingerprint density at radius 3 is 2.94 bits per heavy atom. The van der Waals surface area contributed by atoms with Crippen LogP contribution in [0.3, 0.4) is 0 Å². The molecule has 1 aromatic rings. The molecule has 1 aromatic heterocycles. The van der Waals surface area contributed by atoms with Crippen molar-refractivity contribution in [2.45, 2.75) is 26.8 Å². The van der Waals surface area contributed by atoms with Crippen LogP contribution in [0, 0.1) is 0 Å². The molecule has 0 saturated carbocycles. The van der Waals surface area contributed by atoms with E-state index in [2.05, 4.69) is 35.6 Å². The Kier molecular flexibility index (Phi) is 7.44. The van der Waals surface area contributed by atoms with Gasteiger partial charge in [0.15, 0.2) is 5.13 Å².